The van der Waals surface area contributed by atoms with E-state index in [1.165, 1.54) is 0 Å². The van der Waals surface area contributed by atoms with Gasteiger partial charge in [-0.3, -0.25) is 9.52 Å². The number of rotatable bonds is 5. The van der Waals surface area contributed by atoms with Crippen LogP contribution in [0.15, 0.2) is 71.3 Å². The van der Waals surface area contributed by atoms with Crippen LogP contribution < -0.4 is 10.0 Å². The third kappa shape index (κ3) is 4.33. The SMILES string of the molecule is Cc1ccc2nc(-c3ccco3)cc(C(=O)Nc3cccc(NS(C)(=O)=O)c3)c2c1. The molecule has 2 N–H and O–H groups in total. The van der Waals surface area contributed by atoms with Crippen molar-refractivity contribution in [2.24, 2.45) is 0 Å². The molecule has 0 radical (unpaired) electrons. The molecule has 1 amide bonds. The fourth-order valence-electron chi connectivity index (χ4n) is 3.15. The zero-order valence-corrected chi connectivity index (χ0v) is 17.2. The van der Waals surface area contributed by atoms with Gasteiger partial charge in [0.25, 0.3) is 5.91 Å². The molecular weight excluding hydrogens is 402 g/mol. The van der Waals surface area contributed by atoms with Crippen LogP contribution in [0.2, 0.25) is 0 Å². The van der Waals surface area contributed by atoms with Gasteiger partial charge in [0.05, 0.1) is 29.3 Å². The van der Waals surface area contributed by atoms with E-state index >= 15 is 0 Å². The lowest BCUT2D eigenvalue weighted by Gasteiger charge is -2.11. The fourth-order valence-corrected chi connectivity index (χ4v) is 3.71. The third-order valence-electron chi connectivity index (χ3n) is 4.41. The number of benzene rings is 2. The molecule has 4 rings (SSSR count). The van der Waals surface area contributed by atoms with Gasteiger partial charge in [-0.25, -0.2) is 13.4 Å². The van der Waals surface area contributed by atoms with E-state index in [0.717, 1.165) is 11.8 Å². The molecule has 0 fully saturated rings. The number of sulfonamides is 1. The first-order valence-electron chi connectivity index (χ1n) is 9.13. The molecule has 2 heterocycles. The van der Waals surface area contributed by atoms with Gasteiger partial charge in [-0.2, -0.15) is 0 Å². The molecule has 0 atom stereocenters. The number of aromatic nitrogens is 1. The van der Waals surface area contributed by atoms with Gasteiger partial charge in [0.1, 0.15) is 5.69 Å². The molecule has 2 aromatic heterocycles. The quantitative estimate of drug-likeness (QED) is 0.496. The third-order valence-corrected chi connectivity index (χ3v) is 5.01. The van der Waals surface area contributed by atoms with Crippen molar-refractivity contribution in [2.75, 3.05) is 16.3 Å². The lowest BCUT2D eigenvalue weighted by Crippen LogP contribution is -2.14. The van der Waals surface area contributed by atoms with E-state index in [-0.39, 0.29) is 5.91 Å². The minimum absolute atomic E-state index is 0.336. The minimum Gasteiger partial charge on any atom is -0.463 e. The van der Waals surface area contributed by atoms with Crippen LogP contribution in [0.4, 0.5) is 11.4 Å². The van der Waals surface area contributed by atoms with E-state index in [1.54, 1.807) is 48.7 Å². The first kappa shape index (κ1) is 19.7. The van der Waals surface area contributed by atoms with Crippen LogP contribution >= 0.6 is 0 Å². The van der Waals surface area contributed by atoms with Crippen molar-refractivity contribution in [2.45, 2.75) is 6.92 Å². The molecule has 8 heteroatoms. The summed E-state index contributed by atoms with van der Waals surface area (Å²) in [6.45, 7) is 1.95. The van der Waals surface area contributed by atoms with Crippen LogP contribution in [0.25, 0.3) is 22.4 Å². The fraction of sp³-hybridized carbons (Fsp3) is 0.0909. The Morgan fingerprint density at radius 2 is 1.80 bits per heavy atom. The van der Waals surface area contributed by atoms with Gasteiger partial charge in [0, 0.05) is 11.1 Å². The number of carbonyl (C=O) groups is 1. The Hall–Kier alpha value is -3.65. The summed E-state index contributed by atoms with van der Waals surface area (Å²) in [5.74, 6) is 0.225. The van der Waals surface area contributed by atoms with Crippen molar-refractivity contribution in [1.82, 2.24) is 4.98 Å². The molecule has 0 aliphatic heterocycles. The van der Waals surface area contributed by atoms with Crippen molar-refractivity contribution in [1.29, 1.82) is 0 Å². The number of hydrogen-bond acceptors (Lipinski definition) is 5. The maximum atomic E-state index is 13.1. The lowest BCUT2D eigenvalue weighted by molar-refractivity contribution is 0.102. The second-order valence-electron chi connectivity index (χ2n) is 6.96. The van der Waals surface area contributed by atoms with Crippen molar-refractivity contribution in [3.63, 3.8) is 0 Å². The summed E-state index contributed by atoms with van der Waals surface area (Å²) in [6, 6.07) is 17.4. The van der Waals surface area contributed by atoms with Crippen molar-refractivity contribution < 1.29 is 17.6 Å². The highest BCUT2D eigenvalue weighted by Crippen LogP contribution is 2.27. The molecule has 4 aromatic rings. The molecule has 0 bridgehead atoms. The summed E-state index contributed by atoms with van der Waals surface area (Å²) in [5, 5.41) is 3.55. The van der Waals surface area contributed by atoms with Crippen molar-refractivity contribution in [3.05, 3.63) is 78.1 Å². The van der Waals surface area contributed by atoms with Gasteiger partial charge in [-0.1, -0.05) is 17.7 Å². The van der Waals surface area contributed by atoms with Crippen LogP contribution in [0.1, 0.15) is 15.9 Å². The number of fused-ring (bicyclic) bond motifs is 1. The predicted octanol–water partition coefficient (Wildman–Crippen LogP) is 4.43. The maximum absolute atomic E-state index is 13.1. The molecule has 7 nitrogen and oxygen atoms in total. The number of carbonyl (C=O) groups excluding carboxylic acids is 1. The van der Waals surface area contributed by atoms with E-state index < -0.39 is 10.0 Å². The average molecular weight is 421 g/mol. The standard InChI is InChI=1S/C22H19N3O4S/c1-14-8-9-19-17(11-14)18(13-20(24-19)21-7-4-10-29-21)22(26)23-15-5-3-6-16(12-15)25-30(2,27)28/h3-13,25H,1-2H3,(H,23,26). The summed E-state index contributed by atoms with van der Waals surface area (Å²) in [6.07, 6.45) is 2.62. The highest BCUT2D eigenvalue weighted by Gasteiger charge is 2.16. The summed E-state index contributed by atoms with van der Waals surface area (Å²) in [7, 11) is -3.42. The summed E-state index contributed by atoms with van der Waals surface area (Å²) in [5.41, 5.74) is 3.49. The summed E-state index contributed by atoms with van der Waals surface area (Å²) in [4.78, 5) is 17.8. The van der Waals surface area contributed by atoms with Crippen LogP contribution in [-0.4, -0.2) is 25.6 Å². The second kappa shape index (κ2) is 7.64. The molecule has 2 aromatic carbocycles. The predicted molar refractivity (Wildman–Crippen MR) is 117 cm³/mol. The maximum Gasteiger partial charge on any atom is 0.256 e. The highest BCUT2D eigenvalue weighted by atomic mass is 32.2. The molecule has 0 saturated heterocycles. The number of amides is 1. The van der Waals surface area contributed by atoms with E-state index in [0.29, 0.717) is 39.3 Å². The Morgan fingerprint density at radius 3 is 2.53 bits per heavy atom. The number of nitrogens with one attached hydrogen (secondary N) is 2. The minimum atomic E-state index is -3.42. The van der Waals surface area contributed by atoms with Gasteiger partial charge in [-0.05, 0) is 55.5 Å². The first-order valence-corrected chi connectivity index (χ1v) is 11.0. The van der Waals surface area contributed by atoms with Crippen LogP contribution in [0.5, 0.6) is 0 Å². The molecular formula is C22H19N3O4S. The Labute approximate surface area is 173 Å². The van der Waals surface area contributed by atoms with Gasteiger partial charge in [-0.15, -0.1) is 0 Å². The number of hydrogen-bond donors (Lipinski definition) is 2. The topological polar surface area (TPSA) is 101 Å². The second-order valence-corrected chi connectivity index (χ2v) is 8.71. The van der Waals surface area contributed by atoms with Gasteiger partial charge in [0.2, 0.25) is 10.0 Å². The Balaban J connectivity index is 1.74. The number of pyridine rings is 1. The Kier molecular flexibility index (Phi) is 5.01. The molecule has 0 aliphatic rings. The smallest absolute Gasteiger partial charge is 0.256 e. The molecule has 152 valence electrons. The van der Waals surface area contributed by atoms with E-state index in [2.05, 4.69) is 15.0 Å². The molecule has 0 unspecified atom stereocenters. The first-order chi connectivity index (χ1) is 14.3. The van der Waals surface area contributed by atoms with E-state index in [9.17, 15) is 13.2 Å². The average Bonchev–Trinajstić information content (AvgIpc) is 3.21. The summed E-state index contributed by atoms with van der Waals surface area (Å²) < 4.78 is 30.8. The molecule has 0 aliphatic carbocycles. The highest BCUT2D eigenvalue weighted by molar-refractivity contribution is 7.92. The number of furan rings is 1. The molecule has 0 saturated carbocycles. The van der Waals surface area contributed by atoms with Crippen molar-refractivity contribution >= 4 is 38.2 Å². The largest absolute Gasteiger partial charge is 0.463 e. The monoisotopic (exact) mass is 421 g/mol. The Bertz CT molecular complexity index is 1350. The number of nitrogens with zero attached hydrogens (tertiary/aromatic N) is 1. The van der Waals surface area contributed by atoms with Gasteiger partial charge in [0.15, 0.2) is 5.76 Å². The van der Waals surface area contributed by atoms with Crippen LogP contribution in [-0.2, 0) is 10.0 Å². The molecule has 30 heavy (non-hydrogen) atoms. The van der Waals surface area contributed by atoms with Crippen LogP contribution in [0.3, 0.4) is 0 Å². The number of aryl methyl sites for hydroxylation is 1. The molecule has 0 spiro atoms. The van der Waals surface area contributed by atoms with Gasteiger partial charge < -0.3 is 9.73 Å². The lowest BCUT2D eigenvalue weighted by atomic mass is 10.0. The van der Waals surface area contributed by atoms with Crippen molar-refractivity contribution in [3.8, 4) is 11.5 Å². The Morgan fingerprint density at radius 1 is 1.00 bits per heavy atom. The zero-order chi connectivity index (χ0) is 21.3. The summed E-state index contributed by atoms with van der Waals surface area (Å²) >= 11 is 0. The van der Waals surface area contributed by atoms with E-state index in [4.69, 9.17) is 4.42 Å². The van der Waals surface area contributed by atoms with Crippen LogP contribution in [0, 0.1) is 6.92 Å². The van der Waals surface area contributed by atoms with Gasteiger partial charge >= 0.3 is 0 Å². The normalized spacial score (nSPS) is 11.4. The van der Waals surface area contributed by atoms with E-state index in [1.807, 2.05) is 25.1 Å². The zero-order valence-electron chi connectivity index (χ0n) is 16.3. The number of anilines is 2.